The van der Waals surface area contributed by atoms with E-state index in [4.69, 9.17) is 0 Å². The molecule has 0 aliphatic carbocycles. The summed E-state index contributed by atoms with van der Waals surface area (Å²) in [6.07, 6.45) is 5.40. The number of piperazine rings is 1. The largest absolute Gasteiger partial charge is 0.506 e. The minimum atomic E-state index is -0.328. The van der Waals surface area contributed by atoms with Gasteiger partial charge < -0.3 is 25.0 Å². The zero-order valence-electron chi connectivity index (χ0n) is 24.9. The molecule has 0 radical (unpaired) electrons. The lowest BCUT2D eigenvalue weighted by Gasteiger charge is -2.32. The zero-order chi connectivity index (χ0) is 30.1. The molecule has 3 heterocycles. The number of aromatic nitrogens is 3. The highest BCUT2D eigenvalue weighted by Crippen LogP contribution is 2.35. The van der Waals surface area contributed by atoms with Gasteiger partial charge in [0, 0.05) is 91.6 Å². The molecule has 9 heteroatoms. The maximum absolute atomic E-state index is 12.9. The normalized spacial score (nSPS) is 14.4. The summed E-state index contributed by atoms with van der Waals surface area (Å²) in [5.74, 6) is -0.668. The minimum absolute atomic E-state index is 0.170. The van der Waals surface area contributed by atoms with E-state index in [-0.39, 0.29) is 23.1 Å². The predicted octanol–water partition coefficient (Wildman–Crippen LogP) is 4.95. The Morgan fingerprint density at radius 2 is 1.60 bits per heavy atom. The quantitative estimate of drug-likeness (QED) is 0.241. The number of hydrogen-bond donors (Lipinski definition) is 3. The maximum Gasteiger partial charge on any atom is 0.255 e. The van der Waals surface area contributed by atoms with Gasteiger partial charge in [-0.1, -0.05) is 18.2 Å². The van der Waals surface area contributed by atoms with E-state index in [2.05, 4.69) is 63.8 Å². The molecule has 1 amide bonds. The number of likely N-dealkylation sites (N-methyl/N-ethyl adjacent to an activating group) is 1. The second kappa shape index (κ2) is 11.9. The lowest BCUT2D eigenvalue weighted by atomic mass is 10.0. The van der Waals surface area contributed by atoms with Crippen molar-refractivity contribution in [3.63, 3.8) is 0 Å². The molecule has 9 nitrogen and oxygen atoms in total. The van der Waals surface area contributed by atoms with Crippen LogP contribution in [0.25, 0.3) is 16.6 Å². The summed E-state index contributed by atoms with van der Waals surface area (Å²) < 4.78 is 3.96. The molecule has 0 unspecified atom stereocenters. The summed E-state index contributed by atoms with van der Waals surface area (Å²) in [5, 5.41) is 24.9. The first kappa shape index (κ1) is 28.5. The molecule has 0 atom stereocenters. The van der Waals surface area contributed by atoms with Crippen molar-refractivity contribution in [3.8, 4) is 17.2 Å². The van der Waals surface area contributed by atoms with Gasteiger partial charge in [0.2, 0.25) is 0 Å². The van der Waals surface area contributed by atoms with Gasteiger partial charge in [0.25, 0.3) is 5.91 Å². The number of rotatable bonds is 8. The molecule has 3 aromatic carbocycles. The van der Waals surface area contributed by atoms with Crippen molar-refractivity contribution >= 4 is 22.5 Å². The maximum atomic E-state index is 12.9. The molecule has 1 aliphatic rings. The molecule has 43 heavy (non-hydrogen) atoms. The SMILES string of the molecule is Cc1c(C)n(CCN2CCN(C)CC2)c2ccc(Cc3ccc(C(=O)Nc4cc(O)c(-n5ccnc5)c(O)c4)cc3)cc12. The van der Waals surface area contributed by atoms with Gasteiger partial charge in [-0.15, -0.1) is 0 Å². The van der Waals surface area contributed by atoms with Gasteiger partial charge in [-0.05, 0) is 68.3 Å². The van der Waals surface area contributed by atoms with Crippen LogP contribution in [-0.4, -0.2) is 79.8 Å². The Bertz CT molecular complexity index is 1730. The summed E-state index contributed by atoms with van der Waals surface area (Å²) in [6, 6.07) is 17.1. The Hall–Kier alpha value is -4.60. The van der Waals surface area contributed by atoms with Crippen molar-refractivity contribution in [1.29, 1.82) is 0 Å². The molecule has 1 aliphatic heterocycles. The van der Waals surface area contributed by atoms with Crippen molar-refractivity contribution in [3.05, 3.63) is 101 Å². The van der Waals surface area contributed by atoms with Crippen molar-refractivity contribution in [2.24, 2.45) is 0 Å². The van der Waals surface area contributed by atoms with E-state index in [9.17, 15) is 15.0 Å². The first-order valence-corrected chi connectivity index (χ1v) is 14.7. The third-order valence-corrected chi connectivity index (χ3v) is 8.65. The number of carbonyl (C=O) groups excluding carboxylic acids is 1. The molecule has 222 valence electrons. The molecule has 1 saturated heterocycles. The van der Waals surface area contributed by atoms with E-state index in [1.54, 1.807) is 24.5 Å². The Morgan fingerprint density at radius 3 is 2.28 bits per heavy atom. The van der Waals surface area contributed by atoms with Crippen molar-refractivity contribution in [2.75, 3.05) is 45.1 Å². The van der Waals surface area contributed by atoms with E-state index in [1.807, 2.05) is 12.1 Å². The van der Waals surface area contributed by atoms with Gasteiger partial charge >= 0.3 is 0 Å². The van der Waals surface area contributed by atoms with Gasteiger partial charge in [0.15, 0.2) is 0 Å². The van der Waals surface area contributed by atoms with Crippen LogP contribution < -0.4 is 5.32 Å². The smallest absolute Gasteiger partial charge is 0.255 e. The third-order valence-electron chi connectivity index (χ3n) is 8.65. The lowest BCUT2D eigenvalue weighted by molar-refractivity contribution is 0.102. The molecule has 1 fully saturated rings. The van der Waals surface area contributed by atoms with E-state index in [1.165, 1.54) is 50.8 Å². The molecular formula is C34H38N6O3. The fourth-order valence-electron chi connectivity index (χ4n) is 5.95. The minimum Gasteiger partial charge on any atom is -0.506 e. The number of amides is 1. The summed E-state index contributed by atoms with van der Waals surface area (Å²) in [6.45, 7) is 11.0. The topological polar surface area (TPSA) is 98.8 Å². The number of carbonyl (C=O) groups is 1. The zero-order valence-corrected chi connectivity index (χ0v) is 24.9. The third kappa shape index (κ3) is 6.00. The first-order chi connectivity index (χ1) is 20.8. The Morgan fingerprint density at radius 1 is 0.907 bits per heavy atom. The van der Waals surface area contributed by atoms with Crippen LogP contribution in [-0.2, 0) is 13.0 Å². The monoisotopic (exact) mass is 578 g/mol. The number of aromatic hydroxyl groups is 2. The van der Waals surface area contributed by atoms with Gasteiger partial charge in [-0.2, -0.15) is 0 Å². The van der Waals surface area contributed by atoms with Crippen LogP contribution >= 0.6 is 0 Å². The van der Waals surface area contributed by atoms with Crippen molar-refractivity contribution in [2.45, 2.75) is 26.8 Å². The number of fused-ring (bicyclic) bond motifs is 1. The molecule has 0 bridgehead atoms. The van der Waals surface area contributed by atoms with Crippen LogP contribution in [0, 0.1) is 13.8 Å². The fraction of sp³-hybridized carbons (Fsp3) is 0.294. The van der Waals surface area contributed by atoms with E-state index in [0.717, 1.165) is 51.3 Å². The summed E-state index contributed by atoms with van der Waals surface area (Å²) in [4.78, 5) is 21.8. The van der Waals surface area contributed by atoms with Crippen molar-refractivity contribution in [1.82, 2.24) is 23.9 Å². The second-order valence-electron chi connectivity index (χ2n) is 11.5. The highest BCUT2D eigenvalue weighted by Gasteiger charge is 2.17. The Labute approximate surface area is 251 Å². The van der Waals surface area contributed by atoms with Crippen LogP contribution in [0.4, 0.5) is 5.69 Å². The van der Waals surface area contributed by atoms with Crippen LogP contribution in [0.5, 0.6) is 11.5 Å². The average molecular weight is 579 g/mol. The molecule has 6 rings (SSSR count). The summed E-state index contributed by atoms with van der Waals surface area (Å²) in [7, 11) is 2.19. The standard InChI is InChI=1S/C34H38N6O3/c1-23-24(2)40(17-16-38-14-12-37(3)13-15-38)30-9-6-26(19-29(23)30)18-25-4-7-27(8-5-25)34(43)36-28-20-31(41)33(32(42)21-28)39-11-10-35-22-39/h4-11,19-22,41-42H,12-18H2,1-3H3,(H,36,43). The highest BCUT2D eigenvalue weighted by molar-refractivity contribution is 6.04. The predicted molar refractivity (Wildman–Crippen MR) is 169 cm³/mol. The number of anilines is 1. The van der Waals surface area contributed by atoms with Crippen LogP contribution in [0.15, 0.2) is 73.3 Å². The average Bonchev–Trinajstić information content (AvgIpc) is 3.60. The molecular weight excluding hydrogens is 540 g/mol. The number of nitrogens with zero attached hydrogens (tertiary/aromatic N) is 5. The Balaban J connectivity index is 1.11. The molecule has 2 aromatic heterocycles. The first-order valence-electron chi connectivity index (χ1n) is 14.7. The van der Waals surface area contributed by atoms with E-state index >= 15 is 0 Å². The van der Waals surface area contributed by atoms with Crippen molar-refractivity contribution < 1.29 is 15.0 Å². The van der Waals surface area contributed by atoms with Gasteiger partial charge in [-0.3, -0.25) is 14.3 Å². The van der Waals surface area contributed by atoms with E-state index < -0.39 is 0 Å². The van der Waals surface area contributed by atoms with E-state index in [0.29, 0.717) is 11.3 Å². The summed E-state index contributed by atoms with van der Waals surface area (Å²) in [5.41, 5.74) is 7.27. The number of hydrogen-bond acceptors (Lipinski definition) is 6. The lowest BCUT2D eigenvalue weighted by Crippen LogP contribution is -2.45. The Kier molecular flexibility index (Phi) is 7.92. The van der Waals surface area contributed by atoms with Crippen LogP contribution in [0.1, 0.15) is 32.7 Å². The van der Waals surface area contributed by atoms with Gasteiger partial charge in [0.05, 0.1) is 6.33 Å². The number of aryl methyl sites for hydroxylation is 1. The fourth-order valence-corrected chi connectivity index (χ4v) is 5.95. The molecule has 0 saturated carbocycles. The van der Waals surface area contributed by atoms with Gasteiger partial charge in [-0.25, -0.2) is 4.98 Å². The molecule has 5 aromatic rings. The second-order valence-corrected chi connectivity index (χ2v) is 11.5. The summed E-state index contributed by atoms with van der Waals surface area (Å²) >= 11 is 0. The number of phenols is 2. The van der Waals surface area contributed by atoms with Gasteiger partial charge in [0.1, 0.15) is 17.2 Å². The molecule has 0 spiro atoms. The highest BCUT2D eigenvalue weighted by atomic mass is 16.3. The van der Waals surface area contributed by atoms with Crippen LogP contribution in [0.2, 0.25) is 0 Å². The number of imidazole rings is 1. The number of benzene rings is 3. The number of phenolic OH excluding ortho intramolecular Hbond substituents is 2. The number of nitrogens with one attached hydrogen (secondary N) is 1. The van der Waals surface area contributed by atoms with Crippen LogP contribution in [0.3, 0.4) is 0 Å². The molecule has 3 N–H and O–H groups in total.